The Labute approximate surface area is 104 Å². The lowest BCUT2D eigenvalue weighted by molar-refractivity contribution is 0.0249. The molecule has 0 spiro atoms. The summed E-state index contributed by atoms with van der Waals surface area (Å²) in [5, 5.41) is 13.9. The van der Waals surface area contributed by atoms with Gasteiger partial charge in [0.15, 0.2) is 0 Å². The highest BCUT2D eigenvalue weighted by molar-refractivity contribution is 5.06. The summed E-state index contributed by atoms with van der Waals surface area (Å²) in [5.41, 5.74) is 0.795. The van der Waals surface area contributed by atoms with Crippen LogP contribution in [0.25, 0.3) is 0 Å². The van der Waals surface area contributed by atoms with Gasteiger partial charge in [-0.3, -0.25) is 0 Å². The van der Waals surface area contributed by atoms with Crippen molar-refractivity contribution in [3.8, 4) is 0 Å². The van der Waals surface area contributed by atoms with Crippen molar-refractivity contribution >= 4 is 0 Å². The van der Waals surface area contributed by atoms with Crippen LogP contribution in [0.3, 0.4) is 0 Å². The zero-order chi connectivity index (χ0) is 12.1. The molecule has 1 aliphatic carbocycles. The molecule has 3 heteroatoms. The number of aromatic nitrogens is 1. The van der Waals surface area contributed by atoms with Crippen LogP contribution in [0.15, 0.2) is 18.3 Å². The fraction of sp³-hybridized carbons (Fsp3) is 0.714. The fourth-order valence-corrected chi connectivity index (χ4v) is 2.67. The zero-order valence-electron chi connectivity index (χ0n) is 10.8. The third-order valence-electron chi connectivity index (χ3n) is 3.85. The molecule has 17 heavy (non-hydrogen) atoms. The molecule has 0 aromatic carbocycles. The maximum Gasteiger partial charge on any atom is 0.0771 e. The summed E-state index contributed by atoms with van der Waals surface area (Å²) in [6, 6.07) is 4.17. The second-order valence-electron chi connectivity index (χ2n) is 5.35. The van der Waals surface area contributed by atoms with Crippen molar-refractivity contribution in [2.45, 2.75) is 50.7 Å². The molecule has 96 valence electrons. The predicted octanol–water partition coefficient (Wildman–Crippen LogP) is 2.20. The maximum atomic E-state index is 10.5. The Bertz CT molecular complexity index is 338. The summed E-state index contributed by atoms with van der Waals surface area (Å²) in [7, 11) is 2.05. The lowest BCUT2D eigenvalue weighted by Gasteiger charge is -2.27. The van der Waals surface area contributed by atoms with Gasteiger partial charge in [0.25, 0.3) is 0 Å². The highest BCUT2D eigenvalue weighted by atomic mass is 16.3. The quantitative estimate of drug-likeness (QED) is 0.786. The Balaban J connectivity index is 1.79. The van der Waals surface area contributed by atoms with Gasteiger partial charge in [-0.2, -0.15) is 0 Å². The summed E-state index contributed by atoms with van der Waals surface area (Å²) in [5.74, 6) is 0. The summed E-state index contributed by atoms with van der Waals surface area (Å²) < 4.78 is 2.12. The Hall–Kier alpha value is -0.800. The molecule has 0 amide bonds. The van der Waals surface area contributed by atoms with E-state index in [1.165, 1.54) is 31.4 Å². The van der Waals surface area contributed by atoms with E-state index in [9.17, 15) is 5.11 Å². The molecule has 0 bridgehead atoms. The first-order chi connectivity index (χ1) is 8.20. The monoisotopic (exact) mass is 236 g/mol. The van der Waals surface area contributed by atoms with Crippen molar-refractivity contribution in [1.29, 1.82) is 0 Å². The number of aliphatic hydroxyl groups is 1. The summed E-state index contributed by atoms with van der Waals surface area (Å²) in [6.45, 7) is 1.56. The molecule has 0 saturated heterocycles. The van der Waals surface area contributed by atoms with Crippen molar-refractivity contribution in [3.63, 3.8) is 0 Å². The van der Waals surface area contributed by atoms with E-state index in [4.69, 9.17) is 0 Å². The van der Waals surface area contributed by atoms with Gasteiger partial charge in [0.2, 0.25) is 0 Å². The van der Waals surface area contributed by atoms with E-state index >= 15 is 0 Å². The first-order valence-electron chi connectivity index (χ1n) is 6.73. The van der Waals surface area contributed by atoms with E-state index in [1.54, 1.807) is 0 Å². The third kappa shape index (κ3) is 3.58. The van der Waals surface area contributed by atoms with Crippen molar-refractivity contribution in [3.05, 3.63) is 24.0 Å². The average Bonchev–Trinajstić information content (AvgIpc) is 2.58. The van der Waals surface area contributed by atoms with E-state index in [0.29, 0.717) is 0 Å². The molecule has 0 atom stereocenters. The SMILES string of the molecule is Cn1cccc1CNCC1(O)CCCCCC1. The van der Waals surface area contributed by atoms with Crippen LogP contribution >= 0.6 is 0 Å². The number of hydrogen-bond donors (Lipinski definition) is 2. The minimum absolute atomic E-state index is 0.471. The summed E-state index contributed by atoms with van der Waals surface area (Å²) >= 11 is 0. The number of nitrogens with zero attached hydrogens (tertiary/aromatic N) is 1. The van der Waals surface area contributed by atoms with Gasteiger partial charge in [-0.15, -0.1) is 0 Å². The van der Waals surface area contributed by atoms with Gasteiger partial charge in [0.05, 0.1) is 5.60 Å². The van der Waals surface area contributed by atoms with E-state index in [1.807, 2.05) is 0 Å². The Morgan fingerprint density at radius 1 is 1.29 bits per heavy atom. The van der Waals surface area contributed by atoms with E-state index in [0.717, 1.165) is 25.9 Å². The van der Waals surface area contributed by atoms with E-state index in [-0.39, 0.29) is 0 Å². The van der Waals surface area contributed by atoms with E-state index in [2.05, 4.69) is 35.3 Å². The van der Waals surface area contributed by atoms with Crippen LogP contribution < -0.4 is 5.32 Å². The molecular weight excluding hydrogens is 212 g/mol. The molecule has 0 unspecified atom stereocenters. The smallest absolute Gasteiger partial charge is 0.0771 e. The number of nitrogens with one attached hydrogen (secondary N) is 1. The van der Waals surface area contributed by atoms with Gasteiger partial charge in [0, 0.05) is 32.0 Å². The molecule has 1 fully saturated rings. The van der Waals surface area contributed by atoms with Gasteiger partial charge in [0.1, 0.15) is 0 Å². The molecule has 0 aliphatic heterocycles. The maximum absolute atomic E-state index is 10.5. The molecule has 2 N–H and O–H groups in total. The summed E-state index contributed by atoms with van der Waals surface area (Å²) in [6.07, 6.45) is 8.85. The molecule has 1 aliphatic rings. The minimum atomic E-state index is -0.471. The van der Waals surface area contributed by atoms with Crippen molar-refractivity contribution in [2.75, 3.05) is 6.54 Å². The highest BCUT2D eigenvalue weighted by Gasteiger charge is 2.27. The molecule has 0 radical (unpaired) electrons. The number of hydrogen-bond acceptors (Lipinski definition) is 2. The van der Waals surface area contributed by atoms with Gasteiger partial charge >= 0.3 is 0 Å². The molecule has 1 saturated carbocycles. The zero-order valence-corrected chi connectivity index (χ0v) is 10.8. The fourth-order valence-electron chi connectivity index (χ4n) is 2.67. The Morgan fingerprint density at radius 2 is 2.00 bits per heavy atom. The second-order valence-corrected chi connectivity index (χ2v) is 5.35. The van der Waals surface area contributed by atoms with Crippen LogP contribution in [0, 0.1) is 0 Å². The van der Waals surface area contributed by atoms with Crippen LogP contribution in [0.1, 0.15) is 44.2 Å². The van der Waals surface area contributed by atoms with Crippen molar-refractivity contribution in [2.24, 2.45) is 7.05 Å². The largest absolute Gasteiger partial charge is 0.389 e. The molecule has 3 nitrogen and oxygen atoms in total. The first-order valence-corrected chi connectivity index (χ1v) is 6.73. The highest BCUT2D eigenvalue weighted by Crippen LogP contribution is 2.26. The van der Waals surface area contributed by atoms with Gasteiger partial charge in [-0.05, 0) is 25.0 Å². The third-order valence-corrected chi connectivity index (χ3v) is 3.85. The number of rotatable bonds is 4. The molecule has 1 heterocycles. The minimum Gasteiger partial charge on any atom is -0.389 e. The molecular formula is C14H24N2O. The normalized spacial score (nSPS) is 20.1. The average molecular weight is 236 g/mol. The van der Waals surface area contributed by atoms with E-state index < -0.39 is 5.60 Å². The standard InChI is InChI=1S/C14H24N2O/c1-16-10-6-7-13(16)11-15-12-14(17)8-4-2-3-5-9-14/h6-7,10,15,17H,2-5,8-9,11-12H2,1H3. The van der Waals surface area contributed by atoms with Gasteiger partial charge < -0.3 is 15.0 Å². The van der Waals surface area contributed by atoms with Crippen LogP contribution in [-0.2, 0) is 13.6 Å². The van der Waals surface area contributed by atoms with Crippen LogP contribution in [0.2, 0.25) is 0 Å². The van der Waals surface area contributed by atoms with Crippen LogP contribution in [0.5, 0.6) is 0 Å². The Morgan fingerprint density at radius 3 is 2.59 bits per heavy atom. The summed E-state index contributed by atoms with van der Waals surface area (Å²) in [4.78, 5) is 0. The van der Waals surface area contributed by atoms with Crippen LogP contribution in [-0.4, -0.2) is 21.8 Å². The van der Waals surface area contributed by atoms with Crippen molar-refractivity contribution in [1.82, 2.24) is 9.88 Å². The molecule has 2 rings (SSSR count). The lowest BCUT2D eigenvalue weighted by Crippen LogP contribution is -2.40. The predicted molar refractivity (Wildman–Crippen MR) is 69.8 cm³/mol. The van der Waals surface area contributed by atoms with Gasteiger partial charge in [-0.1, -0.05) is 25.7 Å². The van der Waals surface area contributed by atoms with Gasteiger partial charge in [-0.25, -0.2) is 0 Å². The van der Waals surface area contributed by atoms with Crippen LogP contribution in [0.4, 0.5) is 0 Å². The Kier molecular flexibility index (Phi) is 4.24. The first kappa shape index (κ1) is 12.7. The lowest BCUT2D eigenvalue weighted by atomic mass is 9.94. The molecule has 1 aromatic heterocycles. The molecule has 1 aromatic rings. The number of aryl methyl sites for hydroxylation is 1. The second kappa shape index (κ2) is 5.69. The topological polar surface area (TPSA) is 37.2 Å². The van der Waals surface area contributed by atoms with Crippen molar-refractivity contribution < 1.29 is 5.11 Å².